The van der Waals surface area contributed by atoms with Crippen LogP contribution in [-0.2, 0) is 0 Å². The molecule has 1 saturated carbocycles. The summed E-state index contributed by atoms with van der Waals surface area (Å²) in [6, 6.07) is 7.20. The largest absolute Gasteiger partial charge is 0.310 e. The second-order valence-corrected chi connectivity index (χ2v) is 5.53. The number of aromatic amines is 1. The zero-order valence-electron chi connectivity index (χ0n) is 8.21. The highest BCUT2D eigenvalue weighted by atomic mass is 35.5. The van der Waals surface area contributed by atoms with Crippen molar-refractivity contribution in [1.82, 2.24) is 9.97 Å². The predicted octanol–water partition coefficient (Wildman–Crippen LogP) is 2.58. The first-order valence-corrected chi connectivity index (χ1v) is 5.70. The first-order valence-electron chi connectivity index (χ1n) is 4.95. The third-order valence-corrected chi connectivity index (χ3v) is 3.62. The second kappa shape index (κ2) is 3.22. The van der Waals surface area contributed by atoms with Gasteiger partial charge in [0.2, 0.25) is 0 Å². The molecule has 1 aliphatic carbocycles. The lowest BCUT2D eigenvalue weighted by molar-refractivity contribution is 0.922. The number of fused-ring (bicyclic) bond motifs is 1. The zero-order chi connectivity index (χ0) is 11.3. The van der Waals surface area contributed by atoms with Crippen molar-refractivity contribution in [1.29, 1.82) is 0 Å². The summed E-state index contributed by atoms with van der Waals surface area (Å²) < 4.78 is -0.765. The van der Waals surface area contributed by atoms with Crippen LogP contribution in [0, 0.1) is 0 Å². The molecule has 1 fully saturated rings. The summed E-state index contributed by atoms with van der Waals surface area (Å²) in [5.41, 5.74) is 0.536. The molecule has 16 heavy (non-hydrogen) atoms. The van der Waals surface area contributed by atoms with Crippen LogP contribution in [-0.4, -0.2) is 14.3 Å². The highest BCUT2D eigenvalue weighted by Gasteiger charge is 2.54. The summed E-state index contributed by atoms with van der Waals surface area (Å²) >= 11 is 11.9. The lowest BCUT2D eigenvalue weighted by Gasteiger charge is -2.02. The first kappa shape index (κ1) is 10.1. The fraction of sp³-hybridized carbons (Fsp3) is 0.273. The molecular weight excluding hydrogens is 247 g/mol. The number of para-hydroxylation sites is 1. The average Bonchev–Trinajstić information content (AvgIpc) is 2.88. The molecule has 5 heteroatoms. The summed E-state index contributed by atoms with van der Waals surface area (Å²) in [6.07, 6.45) is 0.636. The van der Waals surface area contributed by atoms with Crippen LogP contribution in [0.15, 0.2) is 29.1 Å². The van der Waals surface area contributed by atoms with E-state index >= 15 is 0 Å². The Labute approximate surface area is 101 Å². The minimum Gasteiger partial charge on any atom is -0.310 e. The Morgan fingerprint density at radius 3 is 2.75 bits per heavy atom. The summed E-state index contributed by atoms with van der Waals surface area (Å²) in [4.78, 5) is 18.9. The fourth-order valence-corrected chi connectivity index (χ4v) is 2.29. The van der Waals surface area contributed by atoms with Crippen LogP contribution in [0.1, 0.15) is 18.2 Å². The summed E-state index contributed by atoms with van der Waals surface area (Å²) in [7, 11) is 0. The van der Waals surface area contributed by atoms with E-state index in [1.54, 1.807) is 12.1 Å². The molecule has 1 atom stereocenters. The Bertz CT molecular complexity index is 621. The number of alkyl halides is 2. The second-order valence-electron chi connectivity index (χ2n) is 3.99. The molecule has 1 aliphatic rings. The Kier molecular flexibility index (Phi) is 2.03. The van der Waals surface area contributed by atoms with E-state index in [2.05, 4.69) is 9.97 Å². The Balaban J connectivity index is 2.19. The lowest BCUT2D eigenvalue weighted by atomic mass is 10.2. The molecule has 1 heterocycles. The summed E-state index contributed by atoms with van der Waals surface area (Å²) in [5, 5.41) is 0.585. The quantitative estimate of drug-likeness (QED) is 0.796. The molecule has 0 amide bonds. The molecule has 3 rings (SSSR count). The smallest absolute Gasteiger partial charge is 0.258 e. The molecule has 0 spiro atoms. The molecule has 3 nitrogen and oxygen atoms in total. The van der Waals surface area contributed by atoms with Crippen molar-refractivity contribution in [2.45, 2.75) is 16.7 Å². The van der Waals surface area contributed by atoms with Gasteiger partial charge >= 0.3 is 0 Å². The predicted molar refractivity (Wildman–Crippen MR) is 64.2 cm³/mol. The molecule has 1 aromatic carbocycles. The molecule has 1 N–H and O–H groups in total. The van der Waals surface area contributed by atoms with Gasteiger partial charge in [0.25, 0.3) is 5.56 Å². The van der Waals surface area contributed by atoms with E-state index in [0.717, 1.165) is 0 Å². The topological polar surface area (TPSA) is 45.8 Å². The van der Waals surface area contributed by atoms with Gasteiger partial charge in [-0.05, 0) is 18.6 Å². The summed E-state index contributed by atoms with van der Waals surface area (Å²) in [6.45, 7) is 0. The number of benzene rings is 1. The van der Waals surface area contributed by atoms with Crippen LogP contribution in [0.4, 0.5) is 0 Å². The lowest BCUT2D eigenvalue weighted by Crippen LogP contribution is -2.12. The van der Waals surface area contributed by atoms with Crippen LogP contribution in [0.25, 0.3) is 10.9 Å². The molecule has 82 valence electrons. The Morgan fingerprint density at radius 1 is 1.38 bits per heavy atom. The maximum absolute atomic E-state index is 11.8. The molecule has 1 aromatic heterocycles. The van der Waals surface area contributed by atoms with Crippen LogP contribution in [0.2, 0.25) is 0 Å². The van der Waals surface area contributed by atoms with E-state index in [4.69, 9.17) is 23.2 Å². The van der Waals surface area contributed by atoms with Crippen molar-refractivity contribution in [2.75, 3.05) is 0 Å². The maximum Gasteiger partial charge on any atom is 0.258 e. The van der Waals surface area contributed by atoms with E-state index in [1.165, 1.54) is 0 Å². The van der Waals surface area contributed by atoms with Gasteiger partial charge in [0.05, 0.1) is 16.8 Å². The van der Waals surface area contributed by atoms with Gasteiger partial charge in [-0.25, -0.2) is 4.98 Å². The summed E-state index contributed by atoms with van der Waals surface area (Å²) in [5.74, 6) is 0.516. The van der Waals surface area contributed by atoms with Crippen molar-refractivity contribution in [2.24, 2.45) is 0 Å². The Hall–Kier alpha value is -1.06. The molecule has 2 aromatic rings. The molecular formula is C11H8Cl2N2O. The number of nitrogens with one attached hydrogen (secondary N) is 1. The average molecular weight is 255 g/mol. The first-order chi connectivity index (χ1) is 7.58. The molecule has 0 saturated heterocycles. The maximum atomic E-state index is 11.8. The third-order valence-electron chi connectivity index (χ3n) is 2.79. The highest BCUT2D eigenvalue weighted by Crippen LogP contribution is 2.58. The van der Waals surface area contributed by atoms with Crippen molar-refractivity contribution in [3.8, 4) is 0 Å². The number of hydrogen-bond donors (Lipinski definition) is 1. The molecule has 1 unspecified atom stereocenters. The van der Waals surface area contributed by atoms with Crippen LogP contribution < -0.4 is 5.56 Å². The number of aromatic nitrogens is 2. The van der Waals surface area contributed by atoms with Crippen molar-refractivity contribution in [3.05, 3.63) is 40.4 Å². The molecule has 0 bridgehead atoms. The SMILES string of the molecule is O=c1[nH]c(C2CC2(Cl)Cl)nc2ccccc12. The highest BCUT2D eigenvalue weighted by molar-refractivity contribution is 6.51. The van der Waals surface area contributed by atoms with Crippen molar-refractivity contribution >= 4 is 34.1 Å². The van der Waals surface area contributed by atoms with Gasteiger partial charge in [-0.15, -0.1) is 23.2 Å². The van der Waals surface area contributed by atoms with Gasteiger partial charge < -0.3 is 4.98 Å². The van der Waals surface area contributed by atoms with Crippen molar-refractivity contribution in [3.63, 3.8) is 0 Å². The van der Waals surface area contributed by atoms with Crippen LogP contribution in [0.3, 0.4) is 0 Å². The number of nitrogens with zero attached hydrogens (tertiary/aromatic N) is 1. The van der Waals surface area contributed by atoms with Gasteiger partial charge in [0.15, 0.2) is 0 Å². The number of hydrogen-bond acceptors (Lipinski definition) is 2. The van der Waals surface area contributed by atoms with E-state index in [9.17, 15) is 4.79 Å². The van der Waals surface area contributed by atoms with Gasteiger partial charge in [-0.3, -0.25) is 4.79 Å². The van der Waals surface area contributed by atoms with E-state index in [1.807, 2.05) is 12.1 Å². The number of halogens is 2. The van der Waals surface area contributed by atoms with Gasteiger partial charge in [0, 0.05) is 0 Å². The van der Waals surface area contributed by atoms with E-state index in [0.29, 0.717) is 23.1 Å². The van der Waals surface area contributed by atoms with Gasteiger partial charge in [0.1, 0.15) is 10.2 Å². The molecule has 0 aliphatic heterocycles. The van der Waals surface area contributed by atoms with E-state index < -0.39 is 4.33 Å². The third kappa shape index (κ3) is 1.51. The van der Waals surface area contributed by atoms with Crippen LogP contribution in [0.5, 0.6) is 0 Å². The van der Waals surface area contributed by atoms with Crippen molar-refractivity contribution < 1.29 is 0 Å². The molecule has 0 radical (unpaired) electrons. The minimum atomic E-state index is -0.765. The van der Waals surface area contributed by atoms with Gasteiger partial charge in [-0.2, -0.15) is 0 Å². The van der Waals surface area contributed by atoms with E-state index in [-0.39, 0.29) is 11.5 Å². The van der Waals surface area contributed by atoms with Gasteiger partial charge in [-0.1, -0.05) is 12.1 Å². The normalized spacial score (nSPS) is 22.2. The monoisotopic (exact) mass is 254 g/mol. The standard InChI is InChI=1S/C11H8Cl2N2O/c12-11(13)5-7(11)9-14-8-4-2-1-3-6(8)10(16)15-9/h1-4,7H,5H2,(H,14,15,16). The van der Waals surface area contributed by atoms with Crippen LogP contribution >= 0.6 is 23.2 Å². The zero-order valence-corrected chi connectivity index (χ0v) is 9.72. The minimum absolute atomic E-state index is 0.0619. The fourth-order valence-electron chi connectivity index (χ4n) is 1.78. The Morgan fingerprint density at radius 2 is 2.06 bits per heavy atom. The number of rotatable bonds is 1. The number of H-pyrrole nitrogens is 1.